The fourth-order valence-electron chi connectivity index (χ4n) is 4.21. The minimum absolute atomic E-state index is 0.214. The van der Waals surface area contributed by atoms with E-state index in [1.807, 2.05) is 13.0 Å². The lowest BCUT2D eigenvalue weighted by atomic mass is 9.74. The summed E-state index contributed by atoms with van der Waals surface area (Å²) in [6.45, 7) is 7.04. The van der Waals surface area contributed by atoms with E-state index in [1.165, 1.54) is 16.5 Å². The van der Waals surface area contributed by atoms with Crippen LogP contribution in [0, 0.1) is 5.92 Å². The highest BCUT2D eigenvalue weighted by Gasteiger charge is 2.43. The first-order valence-electron chi connectivity index (χ1n) is 7.81. The Labute approximate surface area is 125 Å². The molecule has 0 aliphatic carbocycles. The van der Waals surface area contributed by atoms with Crippen LogP contribution in [0.4, 0.5) is 0 Å². The van der Waals surface area contributed by atoms with E-state index in [2.05, 4.69) is 41.1 Å². The zero-order valence-electron chi connectivity index (χ0n) is 12.7. The third-order valence-electron chi connectivity index (χ3n) is 5.34. The van der Waals surface area contributed by atoms with E-state index < -0.39 is 5.60 Å². The third kappa shape index (κ3) is 1.81. The first-order valence-corrected chi connectivity index (χ1v) is 7.81. The van der Waals surface area contributed by atoms with Gasteiger partial charge >= 0.3 is 0 Å². The van der Waals surface area contributed by atoms with E-state index in [0.717, 1.165) is 37.3 Å². The zero-order valence-corrected chi connectivity index (χ0v) is 12.7. The number of fused-ring (bicyclic) bond motifs is 3. The molecule has 3 aliphatic rings. The van der Waals surface area contributed by atoms with Crippen molar-refractivity contribution in [2.24, 2.45) is 5.92 Å². The van der Waals surface area contributed by atoms with Crippen LogP contribution in [0.5, 0.6) is 0 Å². The number of allylic oxidation sites excluding steroid dienone is 1. The Morgan fingerprint density at radius 2 is 2.14 bits per heavy atom. The first kappa shape index (κ1) is 13.1. The Balaban J connectivity index is 1.99. The lowest BCUT2D eigenvalue weighted by Gasteiger charge is -2.44. The van der Waals surface area contributed by atoms with Gasteiger partial charge < -0.3 is 10.1 Å². The van der Waals surface area contributed by atoms with Crippen molar-refractivity contribution >= 4 is 10.9 Å². The smallest absolute Gasteiger partial charge is 0.108 e. The monoisotopic (exact) mass is 282 g/mol. The Morgan fingerprint density at radius 1 is 1.33 bits per heavy atom. The number of nitrogens with one attached hydrogen (secondary N) is 1. The maximum atomic E-state index is 11.3. The number of hydrogen-bond acceptors (Lipinski definition) is 2. The van der Waals surface area contributed by atoms with Gasteiger partial charge in [-0.05, 0) is 38.4 Å². The van der Waals surface area contributed by atoms with Crippen LogP contribution in [0.15, 0.2) is 35.9 Å². The van der Waals surface area contributed by atoms with Gasteiger partial charge in [0.15, 0.2) is 0 Å². The number of hydrogen-bond donors (Lipinski definition) is 2. The second-order valence-electron chi connectivity index (χ2n) is 6.59. The number of piperidine rings is 1. The second-order valence-corrected chi connectivity index (χ2v) is 6.59. The summed E-state index contributed by atoms with van der Waals surface area (Å²) < 4.78 is 0. The molecule has 1 fully saturated rings. The number of H-pyrrole nitrogens is 1. The fourth-order valence-corrected chi connectivity index (χ4v) is 4.21. The highest BCUT2D eigenvalue weighted by atomic mass is 16.3. The van der Waals surface area contributed by atoms with E-state index in [0.29, 0.717) is 0 Å². The van der Waals surface area contributed by atoms with Crippen LogP contribution >= 0.6 is 0 Å². The molecule has 1 aromatic carbocycles. The fraction of sp³-hybridized carbons (Fsp3) is 0.444. The van der Waals surface area contributed by atoms with Gasteiger partial charge in [-0.2, -0.15) is 0 Å². The van der Waals surface area contributed by atoms with Gasteiger partial charge in [0, 0.05) is 29.9 Å². The van der Waals surface area contributed by atoms with Crippen molar-refractivity contribution in [1.82, 2.24) is 9.88 Å². The summed E-state index contributed by atoms with van der Waals surface area (Å²) in [5.74, 6) is 0.214. The Kier molecular flexibility index (Phi) is 2.78. The normalized spacial score (nSPS) is 34.0. The molecule has 4 heterocycles. The van der Waals surface area contributed by atoms with Crippen molar-refractivity contribution in [2.75, 3.05) is 13.1 Å². The van der Waals surface area contributed by atoms with E-state index in [9.17, 15) is 5.11 Å². The quantitative estimate of drug-likeness (QED) is 0.729. The minimum atomic E-state index is -0.817. The van der Waals surface area contributed by atoms with Crippen molar-refractivity contribution in [2.45, 2.75) is 32.4 Å². The van der Waals surface area contributed by atoms with E-state index in [1.54, 1.807) is 0 Å². The molecular formula is C18H22N2O. The molecule has 5 rings (SSSR count). The van der Waals surface area contributed by atoms with Crippen LogP contribution in [0.25, 0.3) is 10.9 Å². The van der Waals surface area contributed by atoms with Crippen LogP contribution < -0.4 is 0 Å². The molecule has 21 heavy (non-hydrogen) atoms. The number of rotatable bonds is 0. The average Bonchev–Trinajstić information content (AvgIpc) is 2.85. The van der Waals surface area contributed by atoms with E-state index in [4.69, 9.17) is 0 Å². The number of aromatic amines is 1. The largest absolute Gasteiger partial charge is 0.383 e. The Hall–Kier alpha value is -1.58. The van der Waals surface area contributed by atoms with Crippen molar-refractivity contribution in [3.8, 4) is 0 Å². The predicted molar refractivity (Wildman–Crippen MR) is 85.0 cm³/mol. The summed E-state index contributed by atoms with van der Waals surface area (Å²) >= 11 is 0. The number of aliphatic hydroxyl groups is 1. The molecule has 1 aromatic heterocycles. The maximum absolute atomic E-state index is 11.3. The minimum Gasteiger partial charge on any atom is -0.383 e. The lowest BCUT2D eigenvalue weighted by molar-refractivity contribution is -0.0203. The molecule has 3 nitrogen and oxygen atoms in total. The molecule has 110 valence electrons. The van der Waals surface area contributed by atoms with Crippen molar-refractivity contribution in [1.29, 1.82) is 0 Å². The van der Waals surface area contributed by atoms with Crippen LogP contribution in [0.1, 0.15) is 31.5 Å². The van der Waals surface area contributed by atoms with E-state index in [-0.39, 0.29) is 5.92 Å². The van der Waals surface area contributed by atoms with Gasteiger partial charge in [-0.3, -0.25) is 4.90 Å². The number of nitrogens with zero attached hydrogens (tertiary/aromatic N) is 1. The topological polar surface area (TPSA) is 39.3 Å². The van der Waals surface area contributed by atoms with Gasteiger partial charge in [-0.15, -0.1) is 0 Å². The predicted octanol–water partition coefficient (Wildman–Crippen LogP) is 3.16. The molecular weight excluding hydrogens is 260 g/mol. The summed E-state index contributed by atoms with van der Waals surface area (Å²) in [6.07, 6.45) is 3.22. The van der Waals surface area contributed by atoms with Crippen molar-refractivity contribution < 1.29 is 5.11 Å². The summed E-state index contributed by atoms with van der Waals surface area (Å²) in [4.78, 5) is 6.00. The van der Waals surface area contributed by atoms with Gasteiger partial charge in [0.1, 0.15) is 5.60 Å². The van der Waals surface area contributed by atoms with Crippen LogP contribution in [-0.4, -0.2) is 28.1 Å². The zero-order chi connectivity index (χ0) is 14.6. The molecule has 0 radical (unpaired) electrons. The van der Waals surface area contributed by atoms with Gasteiger partial charge in [0.2, 0.25) is 0 Å². The molecule has 3 atom stereocenters. The molecule has 3 heteroatoms. The third-order valence-corrected chi connectivity index (χ3v) is 5.34. The summed E-state index contributed by atoms with van der Waals surface area (Å²) in [5, 5.41) is 12.6. The Morgan fingerprint density at radius 3 is 2.95 bits per heavy atom. The molecule has 2 aromatic rings. The van der Waals surface area contributed by atoms with Gasteiger partial charge in [-0.1, -0.05) is 29.8 Å². The van der Waals surface area contributed by atoms with Gasteiger partial charge in [0.05, 0.1) is 5.69 Å². The Bertz CT molecular complexity index is 726. The highest BCUT2D eigenvalue weighted by Crippen LogP contribution is 2.44. The second kappa shape index (κ2) is 4.46. The summed E-state index contributed by atoms with van der Waals surface area (Å²) in [6, 6.07) is 8.39. The first-order chi connectivity index (χ1) is 10.1. The van der Waals surface area contributed by atoms with Crippen LogP contribution in [0.3, 0.4) is 0 Å². The molecule has 0 spiro atoms. The standard InChI is InChI=1S/C18H22N2O/c1-3-12-10-20-9-8-15(12)18(2,21)17-14(11-20)13-6-4-5-7-16(13)19-17/h3-7,15,19,21H,8-11H2,1-2H3/b12-3-/t15?,18-/m0/s1. The number of aromatic nitrogens is 1. The van der Waals surface area contributed by atoms with Crippen molar-refractivity contribution in [3.63, 3.8) is 0 Å². The molecule has 1 saturated heterocycles. The van der Waals surface area contributed by atoms with E-state index >= 15 is 0 Å². The molecule has 0 saturated carbocycles. The molecule has 2 N–H and O–H groups in total. The number of para-hydroxylation sites is 1. The molecule has 2 unspecified atom stereocenters. The van der Waals surface area contributed by atoms with Crippen LogP contribution in [-0.2, 0) is 12.1 Å². The summed E-state index contributed by atoms with van der Waals surface area (Å²) in [7, 11) is 0. The molecule has 3 aliphatic heterocycles. The maximum Gasteiger partial charge on any atom is 0.108 e. The molecule has 2 bridgehead atoms. The highest BCUT2D eigenvalue weighted by molar-refractivity contribution is 5.85. The SMILES string of the molecule is C/C=C1/CN2CCC1[C@](C)(O)c1[nH]c3ccccc3c1C2. The number of benzene rings is 1. The van der Waals surface area contributed by atoms with Gasteiger partial charge in [-0.25, -0.2) is 0 Å². The average molecular weight is 282 g/mol. The van der Waals surface area contributed by atoms with Crippen LogP contribution in [0.2, 0.25) is 0 Å². The lowest BCUT2D eigenvalue weighted by Crippen LogP contribution is -2.46. The molecule has 0 amide bonds. The van der Waals surface area contributed by atoms with Gasteiger partial charge in [0.25, 0.3) is 0 Å². The van der Waals surface area contributed by atoms with Crippen molar-refractivity contribution in [3.05, 3.63) is 47.2 Å². The summed E-state index contributed by atoms with van der Waals surface area (Å²) in [5.41, 5.74) is 3.97.